The predicted molar refractivity (Wildman–Crippen MR) is 77.2 cm³/mol. The summed E-state index contributed by atoms with van der Waals surface area (Å²) in [6, 6.07) is 11.3. The highest BCUT2D eigenvalue weighted by Crippen LogP contribution is 2.42. The Balaban J connectivity index is 1.79. The molecule has 2 aromatic carbocycles. The molecular formula is C17H14O5. The Bertz CT molecular complexity index is 735. The first-order chi connectivity index (χ1) is 10.7. The van der Waals surface area contributed by atoms with Crippen LogP contribution >= 0.6 is 0 Å². The molecule has 2 aliphatic rings. The van der Waals surface area contributed by atoms with Gasteiger partial charge in [-0.15, -0.1) is 0 Å². The fraction of sp³-hybridized carbons (Fsp3) is 0.235. The Morgan fingerprint density at radius 2 is 1.82 bits per heavy atom. The van der Waals surface area contributed by atoms with Crippen LogP contribution in [0, 0.1) is 0 Å². The lowest BCUT2D eigenvalue weighted by Gasteiger charge is -2.26. The molecule has 5 heteroatoms. The van der Waals surface area contributed by atoms with Crippen LogP contribution in [-0.2, 0) is 16.0 Å². The van der Waals surface area contributed by atoms with Gasteiger partial charge in [-0.1, -0.05) is 12.1 Å². The Labute approximate surface area is 127 Å². The third-order valence-corrected chi connectivity index (χ3v) is 3.92. The largest absolute Gasteiger partial charge is 0.497 e. The van der Waals surface area contributed by atoms with E-state index in [4.69, 9.17) is 18.9 Å². The van der Waals surface area contributed by atoms with Crippen LogP contribution in [0.1, 0.15) is 22.8 Å². The molecule has 2 aromatic rings. The van der Waals surface area contributed by atoms with Crippen molar-refractivity contribution in [2.75, 3.05) is 13.9 Å². The topological polar surface area (TPSA) is 54.0 Å². The maximum Gasteiger partial charge on any atom is 0.311 e. The van der Waals surface area contributed by atoms with Crippen LogP contribution in [0.15, 0.2) is 36.4 Å². The van der Waals surface area contributed by atoms with Crippen LogP contribution in [0.25, 0.3) is 0 Å². The monoisotopic (exact) mass is 298 g/mol. The van der Waals surface area contributed by atoms with Crippen LogP contribution < -0.4 is 14.2 Å². The minimum atomic E-state index is -0.434. The predicted octanol–water partition coefficient (Wildman–Crippen LogP) is 2.61. The van der Waals surface area contributed by atoms with Gasteiger partial charge in [0.25, 0.3) is 0 Å². The second-order valence-corrected chi connectivity index (χ2v) is 5.22. The average molecular weight is 298 g/mol. The van der Waals surface area contributed by atoms with Crippen molar-refractivity contribution in [3.63, 3.8) is 0 Å². The molecule has 22 heavy (non-hydrogen) atoms. The number of benzene rings is 2. The van der Waals surface area contributed by atoms with E-state index >= 15 is 0 Å². The van der Waals surface area contributed by atoms with E-state index in [0.29, 0.717) is 11.5 Å². The first-order valence-corrected chi connectivity index (χ1v) is 7.00. The van der Waals surface area contributed by atoms with Gasteiger partial charge in [0, 0.05) is 5.56 Å². The number of methoxy groups -OCH3 is 1. The minimum absolute atomic E-state index is 0.209. The van der Waals surface area contributed by atoms with Gasteiger partial charge >= 0.3 is 5.97 Å². The number of carbonyl (C=O) groups is 1. The highest BCUT2D eigenvalue weighted by Gasteiger charge is 2.31. The zero-order valence-electron chi connectivity index (χ0n) is 12.0. The van der Waals surface area contributed by atoms with Crippen LogP contribution in [0.4, 0.5) is 0 Å². The summed E-state index contributed by atoms with van der Waals surface area (Å²) >= 11 is 0. The Morgan fingerprint density at radius 1 is 1.09 bits per heavy atom. The molecule has 0 fully saturated rings. The van der Waals surface area contributed by atoms with Crippen molar-refractivity contribution in [1.29, 1.82) is 0 Å². The zero-order valence-corrected chi connectivity index (χ0v) is 12.0. The molecule has 2 aliphatic heterocycles. The number of rotatable bonds is 2. The van der Waals surface area contributed by atoms with Crippen molar-refractivity contribution in [2.45, 2.75) is 12.5 Å². The van der Waals surface area contributed by atoms with E-state index in [0.717, 1.165) is 22.4 Å². The van der Waals surface area contributed by atoms with E-state index in [-0.39, 0.29) is 19.2 Å². The number of cyclic esters (lactones) is 1. The molecule has 0 aromatic heterocycles. The minimum Gasteiger partial charge on any atom is -0.497 e. The molecule has 0 bridgehead atoms. The summed E-state index contributed by atoms with van der Waals surface area (Å²) in [5.41, 5.74) is 2.75. The van der Waals surface area contributed by atoms with Crippen molar-refractivity contribution in [3.8, 4) is 17.2 Å². The van der Waals surface area contributed by atoms with Gasteiger partial charge in [0.05, 0.1) is 13.5 Å². The SMILES string of the molecule is COc1ccc(C2OC(=O)Cc3cc4c(cc32)OCO4)cc1. The smallest absolute Gasteiger partial charge is 0.311 e. The number of hydrogen-bond acceptors (Lipinski definition) is 5. The van der Waals surface area contributed by atoms with Crippen molar-refractivity contribution >= 4 is 5.97 Å². The van der Waals surface area contributed by atoms with Gasteiger partial charge in [0.2, 0.25) is 6.79 Å². The molecule has 2 heterocycles. The zero-order chi connectivity index (χ0) is 15.1. The number of fused-ring (bicyclic) bond motifs is 2. The molecule has 4 rings (SSSR count). The first-order valence-electron chi connectivity index (χ1n) is 7.00. The van der Waals surface area contributed by atoms with E-state index in [1.807, 2.05) is 36.4 Å². The van der Waals surface area contributed by atoms with E-state index in [2.05, 4.69) is 0 Å². The second kappa shape index (κ2) is 4.94. The summed E-state index contributed by atoms with van der Waals surface area (Å²) in [4.78, 5) is 11.9. The molecule has 5 nitrogen and oxygen atoms in total. The molecule has 112 valence electrons. The van der Waals surface area contributed by atoms with Crippen molar-refractivity contribution in [2.24, 2.45) is 0 Å². The van der Waals surface area contributed by atoms with E-state index in [9.17, 15) is 4.79 Å². The third-order valence-electron chi connectivity index (χ3n) is 3.92. The fourth-order valence-corrected chi connectivity index (χ4v) is 2.82. The summed E-state index contributed by atoms with van der Waals surface area (Å²) in [5, 5.41) is 0. The summed E-state index contributed by atoms with van der Waals surface area (Å²) < 4.78 is 21.5. The lowest BCUT2D eigenvalue weighted by atomic mass is 9.92. The summed E-state index contributed by atoms with van der Waals surface area (Å²) in [5.74, 6) is 1.89. The molecule has 0 aliphatic carbocycles. The van der Waals surface area contributed by atoms with Crippen LogP contribution in [0.2, 0.25) is 0 Å². The number of esters is 1. The van der Waals surface area contributed by atoms with Crippen LogP contribution in [0.3, 0.4) is 0 Å². The summed E-state index contributed by atoms with van der Waals surface area (Å²) in [6.45, 7) is 0.209. The molecule has 0 spiro atoms. The van der Waals surface area contributed by atoms with Gasteiger partial charge in [0.1, 0.15) is 5.75 Å². The highest BCUT2D eigenvalue weighted by molar-refractivity contribution is 5.77. The van der Waals surface area contributed by atoms with Crippen LogP contribution in [0.5, 0.6) is 17.2 Å². The molecule has 0 radical (unpaired) electrons. The Morgan fingerprint density at radius 3 is 2.55 bits per heavy atom. The van der Waals surface area contributed by atoms with E-state index in [1.165, 1.54) is 0 Å². The maximum absolute atomic E-state index is 11.9. The first kappa shape index (κ1) is 13.0. The van der Waals surface area contributed by atoms with Gasteiger partial charge in [0.15, 0.2) is 17.6 Å². The highest BCUT2D eigenvalue weighted by atomic mass is 16.7. The Hall–Kier alpha value is -2.69. The third kappa shape index (κ3) is 2.06. The van der Waals surface area contributed by atoms with Crippen molar-refractivity contribution < 1.29 is 23.7 Å². The molecule has 0 N–H and O–H groups in total. The number of hydrogen-bond donors (Lipinski definition) is 0. The summed E-state index contributed by atoms with van der Waals surface area (Å²) in [6.07, 6.45) is -0.185. The van der Waals surface area contributed by atoms with Crippen molar-refractivity contribution in [1.82, 2.24) is 0 Å². The number of ether oxygens (including phenoxy) is 4. The molecule has 1 unspecified atom stereocenters. The van der Waals surface area contributed by atoms with E-state index in [1.54, 1.807) is 7.11 Å². The maximum atomic E-state index is 11.9. The molecule has 1 atom stereocenters. The molecule has 0 saturated carbocycles. The normalized spacial score (nSPS) is 18.6. The van der Waals surface area contributed by atoms with Gasteiger partial charge in [-0.05, 0) is 35.4 Å². The van der Waals surface area contributed by atoms with Crippen LogP contribution in [-0.4, -0.2) is 19.9 Å². The van der Waals surface area contributed by atoms with E-state index < -0.39 is 6.10 Å². The molecule has 0 saturated heterocycles. The standard InChI is InChI=1S/C17H14O5/c1-19-12-4-2-10(3-5-12)17-13-8-15-14(20-9-21-15)6-11(13)7-16(18)22-17/h2-6,8,17H,7,9H2,1H3. The molecule has 0 amide bonds. The average Bonchev–Trinajstić information content (AvgIpc) is 2.99. The second-order valence-electron chi connectivity index (χ2n) is 5.22. The van der Waals surface area contributed by atoms with Gasteiger partial charge < -0.3 is 18.9 Å². The van der Waals surface area contributed by atoms with Gasteiger partial charge in [-0.3, -0.25) is 4.79 Å². The quantitative estimate of drug-likeness (QED) is 0.798. The van der Waals surface area contributed by atoms with Crippen molar-refractivity contribution in [3.05, 3.63) is 53.1 Å². The lowest BCUT2D eigenvalue weighted by Crippen LogP contribution is -2.22. The summed E-state index contributed by atoms with van der Waals surface area (Å²) in [7, 11) is 1.62. The Kier molecular flexibility index (Phi) is 2.92. The van der Waals surface area contributed by atoms with Gasteiger partial charge in [-0.25, -0.2) is 0 Å². The van der Waals surface area contributed by atoms with Gasteiger partial charge in [-0.2, -0.15) is 0 Å². The lowest BCUT2D eigenvalue weighted by molar-refractivity contribution is -0.148. The fourth-order valence-electron chi connectivity index (χ4n) is 2.82. The number of carbonyl (C=O) groups excluding carboxylic acids is 1. The molecular weight excluding hydrogens is 284 g/mol.